The first kappa shape index (κ1) is 15.5. The van der Waals surface area contributed by atoms with Crippen molar-refractivity contribution >= 4 is 21.5 Å². The lowest BCUT2D eigenvalue weighted by Crippen LogP contribution is -2.31. The van der Waals surface area contributed by atoms with Crippen LogP contribution in [0.2, 0.25) is 0 Å². The van der Waals surface area contributed by atoms with E-state index in [0.717, 1.165) is 12.1 Å². The summed E-state index contributed by atoms with van der Waals surface area (Å²) in [7, 11) is -1.85. The molecule has 0 amide bonds. The van der Waals surface area contributed by atoms with E-state index in [2.05, 4.69) is 4.74 Å². The molecule has 0 fully saturated rings. The molecule has 1 rings (SSSR count). The highest BCUT2D eigenvalue weighted by Crippen LogP contribution is 2.18. The molecule has 0 saturated carbocycles. The standard InChI is InChI=1S/C13H19NO4S/c1-4-9-14(10-13(15)18-2)11-5-7-12(8-6-11)19(3,16)17/h5-8H,4,9-10H2,1-3H3. The number of esters is 1. The minimum atomic E-state index is -3.20. The minimum Gasteiger partial charge on any atom is -0.468 e. The zero-order valence-electron chi connectivity index (χ0n) is 11.4. The van der Waals surface area contributed by atoms with Crippen LogP contribution >= 0.6 is 0 Å². The Morgan fingerprint density at radius 1 is 1.26 bits per heavy atom. The number of ether oxygens (including phenoxy) is 1. The van der Waals surface area contributed by atoms with Crippen LogP contribution < -0.4 is 4.90 Å². The van der Waals surface area contributed by atoms with Gasteiger partial charge in [0.2, 0.25) is 0 Å². The Morgan fingerprint density at radius 2 is 1.84 bits per heavy atom. The first-order valence-corrected chi connectivity index (χ1v) is 7.89. The normalized spacial score (nSPS) is 11.1. The molecular weight excluding hydrogens is 266 g/mol. The first-order chi connectivity index (χ1) is 8.88. The van der Waals surface area contributed by atoms with Crippen molar-refractivity contribution in [1.29, 1.82) is 0 Å². The van der Waals surface area contributed by atoms with Crippen molar-refractivity contribution in [2.45, 2.75) is 18.2 Å². The predicted octanol–water partition coefficient (Wildman–Crippen LogP) is 1.48. The lowest BCUT2D eigenvalue weighted by molar-refractivity contribution is -0.138. The molecule has 106 valence electrons. The first-order valence-electron chi connectivity index (χ1n) is 6.00. The molecule has 1 aromatic carbocycles. The Balaban J connectivity index is 2.94. The van der Waals surface area contributed by atoms with Gasteiger partial charge in [0, 0.05) is 18.5 Å². The van der Waals surface area contributed by atoms with Crippen molar-refractivity contribution in [1.82, 2.24) is 0 Å². The summed E-state index contributed by atoms with van der Waals surface area (Å²) in [4.78, 5) is 13.5. The van der Waals surface area contributed by atoms with Crippen LogP contribution in [-0.2, 0) is 19.4 Å². The number of carbonyl (C=O) groups excluding carboxylic acids is 1. The summed E-state index contributed by atoms with van der Waals surface area (Å²) in [5.74, 6) is -0.319. The largest absolute Gasteiger partial charge is 0.468 e. The fourth-order valence-corrected chi connectivity index (χ4v) is 2.32. The molecule has 0 aromatic heterocycles. The Hall–Kier alpha value is -1.56. The summed E-state index contributed by atoms with van der Waals surface area (Å²) >= 11 is 0. The van der Waals surface area contributed by atoms with Crippen molar-refractivity contribution in [3.05, 3.63) is 24.3 Å². The minimum absolute atomic E-state index is 0.155. The van der Waals surface area contributed by atoms with Crippen molar-refractivity contribution in [2.24, 2.45) is 0 Å². The number of benzene rings is 1. The monoisotopic (exact) mass is 285 g/mol. The van der Waals surface area contributed by atoms with Crippen molar-refractivity contribution < 1.29 is 17.9 Å². The molecule has 0 aliphatic rings. The van der Waals surface area contributed by atoms with E-state index in [0.29, 0.717) is 6.54 Å². The van der Waals surface area contributed by atoms with Gasteiger partial charge in [-0.25, -0.2) is 8.42 Å². The summed E-state index contributed by atoms with van der Waals surface area (Å²) in [6, 6.07) is 6.50. The molecule has 0 spiro atoms. The van der Waals surface area contributed by atoms with Crippen LogP contribution in [0.5, 0.6) is 0 Å². The third-order valence-corrected chi connectivity index (χ3v) is 3.80. The second-order valence-electron chi connectivity index (χ2n) is 4.26. The molecule has 0 aliphatic heterocycles. The second kappa shape index (κ2) is 6.56. The summed E-state index contributed by atoms with van der Waals surface area (Å²) < 4.78 is 27.4. The molecule has 0 unspecified atom stereocenters. The van der Waals surface area contributed by atoms with E-state index < -0.39 is 9.84 Å². The highest BCUT2D eigenvalue weighted by Gasteiger charge is 2.12. The maximum absolute atomic E-state index is 11.4. The van der Waals surface area contributed by atoms with Gasteiger partial charge in [0.1, 0.15) is 6.54 Å². The molecule has 0 bridgehead atoms. The molecule has 19 heavy (non-hydrogen) atoms. The molecule has 0 aliphatic carbocycles. The second-order valence-corrected chi connectivity index (χ2v) is 6.28. The Labute approximate surface area is 114 Å². The van der Waals surface area contributed by atoms with Crippen molar-refractivity contribution in [2.75, 3.05) is 31.4 Å². The average Bonchev–Trinajstić information content (AvgIpc) is 2.37. The van der Waals surface area contributed by atoms with Crippen LogP contribution in [0.1, 0.15) is 13.3 Å². The molecule has 0 radical (unpaired) electrons. The third kappa shape index (κ3) is 4.55. The number of anilines is 1. The van der Waals surface area contributed by atoms with Gasteiger partial charge in [-0.2, -0.15) is 0 Å². The molecule has 6 heteroatoms. The van der Waals surface area contributed by atoms with Crippen LogP contribution in [0, 0.1) is 0 Å². The summed E-state index contributed by atoms with van der Waals surface area (Å²) in [6.07, 6.45) is 2.05. The average molecular weight is 285 g/mol. The van der Waals surface area contributed by atoms with E-state index in [1.165, 1.54) is 13.4 Å². The highest BCUT2D eigenvalue weighted by molar-refractivity contribution is 7.90. The third-order valence-electron chi connectivity index (χ3n) is 2.67. The lowest BCUT2D eigenvalue weighted by Gasteiger charge is -2.23. The number of methoxy groups -OCH3 is 1. The van der Waals surface area contributed by atoms with Gasteiger partial charge < -0.3 is 9.64 Å². The van der Waals surface area contributed by atoms with E-state index in [9.17, 15) is 13.2 Å². The zero-order chi connectivity index (χ0) is 14.5. The Morgan fingerprint density at radius 3 is 2.26 bits per heavy atom. The number of hydrogen-bond acceptors (Lipinski definition) is 5. The van der Waals surface area contributed by atoms with E-state index >= 15 is 0 Å². The lowest BCUT2D eigenvalue weighted by atomic mass is 10.2. The van der Waals surface area contributed by atoms with E-state index in [4.69, 9.17) is 0 Å². The number of nitrogens with zero attached hydrogens (tertiary/aromatic N) is 1. The van der Waals surface area contributed by atoms with Gasteiger partial charge in [0.25, 0.3) is 0 Å². The molecule has 1 aromatic rings. The fourth-order valence-electron chi connectivity index (χ4n) is 1.69. The highest BCUT2D eigenvalue weighted by atomic mass is 32.2. The summed E-state index contributed by atoms with van der Waals surface area (Å²) in [5, 5.41) is 0. The van der Waals surface area contributed by atoms with Crippen LogP contribution in [0.25, 0.3) is 0 Å². The van der Waals surface area contributed by atoms with E-state index in [1.807, 2.05) is 11.8 Å². The van der Waals surface area contributed by atoms with Gasteiger partial charge in [0.15, 0.2) is 9.84 Å². The molecule has 0 atom stereocenters. The Kier molecular flexibility index (Phi) is 5.35. The summed E-state index contributed by atoms with van der Waals surface area (Å²) in [6.45, 7) is 2.87. The molecule has 5 nitrogen and oxygen atoms in total. The van der Waals surface area contributed by atoms with E-state index in [1.54, 1.807) is 24.3 Å². The molecule has 0 saturated heterocycles. The Bertz CT molecular complexity index is 522. The smallest absolute Gasteiger partial charge is 0.325 e. The molecule has 0 heterocycles. The maximum atomic E-state index is 11.4. The van der Waals surface area contributed by atoms with E-state index in [-0.39, 0.29) is 17.4 Å². The fraction of sp³-hybridized carbons (Fsp3) is 0.462. The van der Waals surface area contributed by atoms with Crippen LogP contribution in [-0.4, -0.2) is 40.8 Å². The van der Waals surface area contributed by atoms with Crippen LogP contribution in [0.4, 0.5) is 5.69 Å². The van der Waals surface area contributed by atoms with Crippen LogP contribution in [0.3, 0.4) is 0 Å². The zero-order valence-corrected chi connectivity index (χ0v) is 12.2. The quantitative estimate of drug-likeness (QED) is 0.741. The summed E-state index contributed by atoms with van der Waals surface area (Å²) in [5.41, 5.74) is 0.805. The maximum Gasteiger partial charge on any atom is 0.325 e. The van der Waals surface area contributed by atoms with Crippen molar-refractivity contribution in [3.63, 3.8) is 0 Å². The van der Waals surface area contributed by atoms with Gasteiger partial charge in [-0.3, -0.25) is 4.79 Å². The van der Waals surface area contributed by atoms with Gasteiger partial charge in [-0.05, 0) is 30.7 Å². The van der Waals surface area contributed by atoms with Crippen LogP contribution in [0.15, 0.2) is 29.2 Å². The number of rotatable bonds is 6. The van der Waals surface area contributed by atoms with Gasteiger partial charge in [-0.1, -0.05) is 6.92 Å². The molecule has 0 N–H and O–H groups in total. The SMILES string of the molecule is CCCN(CC(=O)OC)c1ccc(S(C)(=O)=O)cc1. The van der Waals surface area contributed by atoms with Crippen molar-refractivity contribution in [3.8, 4) is 0 Å². The number of sulfone groups is 1. The number of hydrogen-bond donors (Lipinski definition) is 0. The predicted molar refractivity (Wildman–Crippen MR) is 74.1 cm³/mol. The van der Waals surface area contributed by atoms with Gasteiger partial charge in [0.05, 0.1) is 12.0 Å². The van der Waals surface area contributed by atoms with Gasteiger partial charge >= 0.3 is 5.97 Å². The topological polar surface area (TPSA) is 63.7 Å². The molecular formula is C13H19NO4S. The number of carbonyl (C=O) groups is 1. The van der Waals surface area contributed by atoms with Gasteiger partial charge in [-0.15, -0.1) is 0 Å².